The first kappa shape index (κ1) is 42.1. The number of alkyl halides is 25. The molecule has 0 aromatic carbocycles. The molecule has 0 heterocycles. The lowest BCUT2D eigenvalue weighted by Gasteiger charge is -2.44. The fourth-order valence-electron chi connectivity index (χ4n) is 1.92. The summed E-state index contributed by atoms with van der Waals surface area (Å²) in [5.41, 5.74) is -7.50. The smallest absolute Gasteiger partial charge is 0.234 e. The number of hydrogen-bond acceptors (Lipinski definition) is 3. The first-order valence-corrected chi connectivity index (χ1v) is 10.4. The Balaban J connectivity index is 6.74. The van der Waals surface area contributed by atoms with Gasteiger partial charge in [0.05, 0.1) is 0 Å². The second-order valence-electron chi connectivity index (χ2n) is 7.43. The van der Waals surface area contributed by atoms with Crippen molar-refractivity contribution in [1.29, 1.82) is 0 Å². The molecule has 0 saturated carbocycles. The predicted molar refractivity (Wildman–Crippen MR) is 72.8 cm³/mol. The summed E-state index contributed by atoms with van der Waals surface area (Å²) >= 11 is 0. The molecule has 0 aliphatic rings. The van der Waals surface area contributed by atoms with Gasteiger partial charge in [-0.15, -0.1) is 9.78 Å². The fourth-order valence-corrected chi connectivity index (χ4v) is 2.29. The maximum atomic E-state index is 13.5. The first-order valence-electron chi connectivity index (χ1n) is 8.78. The third kappa shape index (κ3) is 5.56. The van der Waals surface area contributed by atoms with E-state index in [1.54, 1.807) is 0 Å². The van der Waals surface area contributed by atoms with Crippen molar-refractivity contribution in [2.24, 2.45) is 0 Å². The molecule has 0 bridgehead atoms. The molecule has 0 N–H and O–H groups in total. The average Bonchev–Trinajstić information content (AvgIpc) is 2.75. The third-order valence-corrected chi connectivity index (χ3v) is 5.48. The Kier molecular flexibility index (Phi) is 10.1. The van der Waals surface area contributed by atoms with Crippen LogP contribution in [0.15, 0.2) is 0 Å². The van der Waals surface area contributed by atoms with Gasteiger partial charge in [0, 0.05) is 0 Å². The molecule has 3 nitrogen and oxygen atoms in total. The molecule has 0 aromatic rings. The highest BCUT2D eigenvalue weighted by atomic mass is 28.5. The fraction of sp³-hybridized carbons (Fsp3) is 1.00. The van der Waals surface area contributed by atoms with E-state index in [-0.39, 0.29) is 0 Å². The minimum absolute atomic E-state index is 1.31. The van der Waals surface area contributed by atoms with Crippen LogP contribution in [0, 0.1) is 0 Å². The Bertz CT molecular complexity index is 1020. The maximum Gasteiger partial charge on any atom is 0.700 e. The van der Waals surface area contributed by atoms with Crippen LogP contribution in [0.2, 0.25) is 0 Å². The van der Waals surface area contributed by atoms with Crippen LogP contribution in [0.1, 0.15) is 0 Å². The molecule has 0 aromatic heterocycles. The molecule has 0 aliphatic carbocycles. The first-order chi connectivity index (χ1) is 18.5. The molecule has 32 heteroatoms. The van der Waals surface area contributed by atoms with Crippen molar-refractivity contribution in [3.05, 3.63) is 0 Å². The summed E-state index contributed by atoms with van der Waals surface area (Å²) in [6.45, 7) is 0. The van der Waals surface area contributed by atoms with Gasteiger partial charge in [-0.1, -0.05) is 5.04 Å². The largest absolute Gasteiger partial charge is 0.700 e. The quantitative estimate of drug-likeness (QED) is 0.0585. The summed E-state index contributed by atoms with van der Waals surface area (Å²) in [5, 5.41) is 1.50. The lowest BCUT2D eigenvalue weighted by Crippen LogP contribution is -2.77. The second kappa shape index (κ2) is 10.6. The van der Waals surface area contributed by atoms with E-state index in [1.165, 1.54) is 14.8 Å². The SMILES string of the molecule is FC(F)(F)C(F)(F)C(F)(F)C(F)(F)C(F)(F)C(F)(F)C(F)(F)C(F)(F)C(F)(F)C(F)(F)OOOC(F)(F)C(F)(F)[Si](F)(F)F. The van der Waals surface area contributed by atoms with Gasteiger partial charge in [0.15, 0.2) is 0 Å². The van der Waals surface area contributed by atoms with Gasteiger partial charge in [-0.3, -0.25) is 0 Å². The zero-order chi connectivity index (χ0) is 36.6. The lowest BCUT2D eigenvalue weighted by molar-refractivity contribution is -0.653. The number of rotatable bonds is 14. The second-order valence-corrected chi connectivity index (χ2v) is 9.06. The van der Waals surface area contributed by atoms with Crippen LogP contribution in [0.3, 0.4) is 0 Å². The molecule has 0 unspecified atom stereocenters. The summed E-state index contributed by atoms with van der Waals surface area (Å²) in [5.74, 6) is -74.1. The molecular weight excluding hydrogens is 752 g/mol. The zero-order valence-electron chi connectivity index (χ0n) is 18.3. The van der Waals surface area contributed by atoms with E-state index >= 15 is 0 Å². The summed E-state index contributed by atoms with van der Waals surface area (Å²) in [4.78, 5) is 2.78. The minimum Gasteiger partial charge on any atom is -0.234 e. The van der Waals surface area contributed by atoms with Gasteiger partial charge in [-0.05, 0) is 0 Å². The van der Waals surface area contributed by atoms with Crippen molar-refractivity contribution < 1.29 is 137 Å². The van der Waals surface area contributed by atoms with Gasteiger partial charge in [0.2, 0.25) is 0 Å². The van der Waals surface area contributed by atoms with Gasteiger partial charge < -0.3 is 0 Å². The predicted octanol–water partition coefficient (Wildman–Crippen LogP) is 8.72. The zero-order valence-corrected chi connectivity index (χ0v) is 19.3. The molecule has 266 valence electrons. The average molecular weight is 752 g/mol. The molecule has 0 radical (unpaired) electrons. The van der Waals surface area contributed by atoms with E-state index in [4.69, 9.17) is 0 Å². The number of halogens is 28. The molecule has 0 atom stereocenters. The maximum absolute atomic E-state index is 13.5. The molecule has 0 rings (SSSR count). The van der Waals surface area contributed by atoms with Crippen LogP contribution >= 0.6 is 0 Å². The van der Waals surface area contributed by atoms with Gasteiger partial charge in [0.25, 0.3) is 0 Å². The Morgan fingerprint density at radius 2 is 0.523 bits per heavy atom. The normalized spacial score (nSPS) is 16.9. The highest BCUT2D eigenvalue weighted by Gasteiger charge is 2.98. The lowest BCUT2D eigenvalue weighted by atomic mass is 9.87. The van der Waals surface area contributed by atoms with Crippen molar-refractivity contribution >= 4 is 9.08 Å². The van der Waals surface area contributed by atoms with Crippen LogP contribution < -0.4 is 0 Å². The molecular formula is C12F28O3Si. The summed E-state index contributed by atoms with van der Waals surface area (Å²) < 4.78 is 360. The topological polar surface area (TPSA) is 27.7 Å². The molecule has 44 heavy (non-hydrogen) atoms. The Hall–Kier alpha value is -1.86. The Labute approximate surface area is 218 Å². The van der Waals surface area contributed by atoms with Crippen molar-refractivity contribution in [3.63, 3.8) is 0 Å². The van der Waals surface area contributed by atoms with Gasteiger partial charge >= 0.3 is 80.4 Å². The summed E-state index contributed by atoms with van der Waals surface area (Å²) in [7, 11) is -9.08. The van der Waals surface area contributed by atoms with Gasteiger partial charge in [0.1, 0.15) is 0 Å². The molecule has 0 aliphatic heterocycles. The third-order valence-electron chi connectivity index (χ3n) is 4.48. The van der Waals surface area contributed by atoms with Gasteiger partial charge in [-0.2, -0.15) is 110 Å². The number of hydrogen-bond donors (Lipinski definition) is 0. The monoisotopic (exact) mass is 752 g/mol. The Morgan fingerprint density at radius 3 is 0.773 bits per heavy atom. The molecule has 0 spiro atoms. The van der Waals surface area contributed by atoms with Crippen LogP contribution in [0.25, 0.3) is 0 Å². The van der Waals surface area contributed by atoms with Crippen LogP contribution in [-0.2, 0) is 14.8 Å². The standard InChI is InChI=1S/C12F28O3Si/c13-1(14,3(17,18)5(21,22)7(25,26)9(29,30)31)2(15,16)4(19,20)6(23,24)8(27,28)10(32,33)41-43-42-11(34,35)12(36,37)44(38,39)40. The highest BCUT2D eigenvalue weighted by Crippen LogP contribution is 2.66. The van der Waals surface area contributed by atoms with Crippen LogP contribution in [-0.4, -0.2) is 80.4 Å². The van der Waals surface area contributed by atoms with E-state index in [0.717, 1.165) is 0 Å². The van der Waals surface area contributed by atoms with Crippen molar-refractivity contribution in [1.82, 2.24) is 0 Å². The summed E-state index contributed by atoms with van der Waals surface area (Å²) in [6.07, 6.45) is -23.8. The molecule has 0 saturated heterocycles. The molecule has 0 amide bonds. The van der Waals surface area contributed by atoms with Crippen molar-refractivity contribution in [2.75, 3.05) is 0 Å². The minimum atomic E-state index is -9.58. The van der Waals surface area contributed by atoms with Crippen molar-refractivity contribution in [3.8, 4) is 0 Å². The Morgan fingerprint density at radius 1 is 0.295 bits per heavy atom. The van der Waals surface area contributed by atoms with E-state index in [9.17, 15) is 122 Å². The van der Waals surface area contributed by atoms with Crippen LogP contribution in [0.5, 0.6) is 0 Å². The molecule has 0 fully saturated rings. The van der Waals surface area contributed by atoms with Crippen LogP contribution in [0.4, 0.5) is 122 Å². The summed E-state index contributed by atoms with van der Waals surface area (Å²) in [6, 6.07) is 0. The van der Waals surface area contributed by atoms with E-state index in [1.807, 2.05) is 0 Å². The van der Waals surface area contributed by atoms with Gasteiger partial charge in [-0.25, -0.2) is 12.3 Å². The van der Waals surface area contributed by atoms with Crippen molar-refractivity contribution in [2.45, 2.75) is 71.3 Å². The van der Waals surface area contributed by atoms with E-state index in [2.05, 4.69) is 0 Å². The highest BCUT2D eigenvalue weighted by molar-refractivity contribution is 6.61. The van der Waals surface area contributed by atoms with E-state index in [0.29, 0.717) is 0 Å². The van der Waals surface area contributed by atoms with E-state index < -0.39 is 80.4 Å².